The molecule has 0 spiro atoms. The Morgan fingerprint density at radius 2 is 2.10 bits per heavy atom. The topological polar surface area (TPSA) is 30.0 Å². The minimum atomic E-state index is -0.480. The molecule has 0 atom stereocenters. The highest BCUT2D eigenvalue weighted by atomic mass is 35.5. The number of ketones is 1. The molecule has 5 heteroatoms. The van der Waals surface area contributed by atoms with Crippen LogP contribution in [0.3, 0.4) is 0 Å². The van der Waals surface area contributed by atoms with E-state index >= 15 is 0 Å². The molecule has 0 aliphatic heterocycles. The van der Waals surface area contributed by atoms with Gasteiger partial charge in [0.25, 0.3) is 0 Å². The molecule has 3 rings (SSSR count). The zero-order valence-corrected chi connectivity index (χ0v) is 12.7. The summed E-state index contributed by atoms with van der Waals surface area (Å²) >= 11 is 7.06. The van der Waals surface area contributed by atoms with Crippen LogP contribution in [0.2, 0.25) is 5.02 Å². The smallest absolute Gasteiger partial charge is 0.175 e. The third kappa shape index (κ3) is 2.27. The van der Waals surface area contributed by atoms with Gasteiger partial charge in [-0.1, -0.05) is 31.5 Å². The first-order valence-corrected chi connectivity index (χ1v) is 7.54. The number of rotatable bonds is 1. The van der Waals surface area contributed by atoms with Crippen molar-refractivity contribution in [2.75, 3.05) is 0 Å². The van der Waals surface area contributed by atoms with Crippen molar-refractivity contribution in [2.45, 2.75) is 26.7 Å². The van der Waals surface area contributed by atoms with E-state index in [-0.39, 0.29) is 16.2 Å². The van der Waals surface area contributed by atoms with Gasteiger partial charge in [0.15, 0.2) is 11.6 Å². The number of halogens is 2. The molecule has 0 N–H and O–H groups in total. The monoisotopic (exact) mass is 309 g/mol. The van der Waals surface area contributed by atoms with Crippen LogP contribution in [0.25, 0.3) is 10.6 Å². The molecular weight excluding hydrogens is 297 g/mol. The summed E-state index contributed by atoms with van der Waals surface area (Å²) < 4.78 is 14.1. The van der Waals surface area contributed by atoms with Crippen molar-refractivity contribution in [3.8, 4) is 10.6 Å². The predicted molar refractivity (Wildman–Crippen MR) is 79.0 cm³/mol. The highest BCUT2D eigenvalue weighted by Crippen LogP contribution is 2.40. The van der Waals surface area contributed by atoms with E-state index in [0.717, 1.165) is 12.1 Å². The summed E-state index contributed by atoms with van der Waals surface area (Å²) in [6.07, 6.45) is 1.26. The van der Waals surface area contributed by atoms with Gasteiger partial charge in [-0.25, -0.2) is 9.37 Å². The van der Waals surface area contributed by atoms with Crippen molar-refractivity contribution in [2.24, 2.45) is 5.41 Å². The summed E-state index contributed by atoms with van der Waals surface area (Å²) in [5, 5.41) is 0.600. The van der Waals surface area contributed by atoms with Crippen LogP contribution in [-0.2, 0) is 6.42 Å². The van der Waals surface area contributed by atoms with Crippen LogP contribution in [-0.4, -0.2) is 10.8 Å². The van der Waals surface area contributed by atoms with Gasteiger partial charge in [-0.05, 0) is 24.0 Å². The second-order valence-corrected chi connectivity index (χ2v) is 7.24. The molecule has 0 saturated heterocycles. The van der Waals surface area contributed by atoms with Gasteiger partial charge >= 0.3 is 0 Å². The fourth-order valence-electron chi connectivity index (χ4n) is 2.50. The number of fused-ring (bicyclic) bond motifs is 1. The lowest BCUT2D eigenvalue weighted by atomic mass is 9.78. The Kier molecular flexibility index (Phi) is 3.18. The second-order valence-electron chi connectivity index (χ2n) is 5.84. The number of hydrogen-bond acceptors (Lipinski definition) is 3. The van der Waals surface area contributed by atoms with Crippen molar-refractivity contribution in [1.82, 2.24) is 4.98 Å². The first kappa shape index (κ1) is 13.7. The summed E-state index contributed by atoms with van der Waals surface area (Å²) in [4.78, 5) is 17.3. The van der Waals surface area contributed by atoms with Crippen molar-refractivity contribution in [3.63, 3.8) is 0 Å². The number of thiazole rings is 1. The van der Waals surface area contributed by atoms with Gasteiger partial charge in [0, 0.05) is 12.0 Å². The average Bonchev–Trinajstić information content (AvgIpc) is 2.75. The highest BCUT2D eigenvalue weighted by molar-refractivity contribution is 7.17. The van der Waals surface area contributed by atoms with Gasteiger partial charge in [-0.15, -0.1) is 11.3 Å². The first-order chi connectivity index (χ1) is 9.37. The maximum absolute atomic E-state index is 14.1. The van der Waals surface area contributed by atoms with Crippen molar-refractivity contribution in [1.29, 1.82) is 0 Å². The first-order valence-electron chi connectivity index (χ1n) is 6.35. The van der Waals surface area contributed by atoms with E-state index in [9.17, 15) is 9.18 Å². The van der Waals surface area contributed by atoms with E-state index in [0.29, 0.717) is 21.9 Å². The summed E-state index contributed by atoms with van der Waals surface area (Å²) in [5.74, 6) is -0.380. The fourth-order valence-corrected chi connectivity index (χ4v) is 3.72. The molecule has 0 radical (unpaired) electrons. The quantitative estimate of drug-likeness (QED) is 0.760. The lowest BCUT2D eigenvalue weighted by Gasteiger charge is -2.26. The Bertz CT molecular complexity index is 708. The van der Waals surface area contributed by atoms with Gasteiger partial charge in [0.05, 0.1) is 15.6 Å². The Morgan fingerprint density at radius 3 is 2.85 bits per heavy atom. The van der Waals surface area contributed by atoms with Crippen molar-refractivity contribution < 1.29 is 9.18 Å². The molecule has 1 aromatic carbocycles. The molecule has 20 heavy (non-hydrogen) atoms. The molecular formula is C15H13ClFNOS. The molecule has 1 aromatic heterocycles. The van der Waals surface area contributed by atoms with Crippen molar-refractivity contribution >= 4 is 28.7 Å². The molecule has 0 bridgehead atoms. The van der Waals surface area contributed by atoms with Gasteiger partial charge < -0.3 is 0 Å². The standard InChI is InChI=1S/C15H13ClFNOS/c1-15(2)6-10-13(11(19)7-15)20-14(18-10)8-4-3-5-9(16)12(8)17/h3-5H,6-7H2,1-2H3. The minimum Gasteiger partial charge on any atom is -0.293 e. The zero-order valence-electron chi connectivity index (χ0n) is 11.2. The lowest BCUT2D eigenvalue weighted by Crippen LogP contribution is -2.25. The number of carbonyl (C=O) groups excluding carboxylic acids is 1. The predicted octanol–water partition coefficient (Wildman–Crippen LogP) is 4.76. The molecule has 0 fully saturated rings. The van der Waals surface area contributed by atoms with Crippen LogP contribution in [0.5, 0.6) is 0 Å². The average molecular weight is 310 g/mol. The molecule has 1 aliphatic rings. The fraction of sp³-hybridized carbons (Fsp3) is 0.333. The van der Waals surface area contributed by atoms with Crippen LogP contribution in [0.4, 0.5) is 4.39 Å². The van der Waals surface area contributed by atoms with Gasteiger partial charge in [-0.3, -0.25) is 4.79 Å². The second kappa shape index (κ2) is 4.64. The Balaban J connectivity index is 2.11. The Hall–Kier alpha value is -1.26. The summed E-state index contributed by atoms with van der Waals surface area (Å²) in [7, 11) is 0. The van der Waals surface area contributed by atoms with Crippen LogP contribution >= 0.6 is 22.9 Å². The number of benzene rings is 1. The molecule has 0 unspecified atom stereocenters. The number of nitrogens with zero attached hydrogens (tertiary/aromatic N) is 1. The molecule has 0 saturated carbocycles. The number of Topliss-reactive ketones (excluding diaryl/α,β-unsaturated/α-hetero) is 1. The SMILES string of the molecule is CC1(C)CC(=O)c2sc(-c3cccc(Cl)c3F)nc2C1. The van der Waals surface area contributed by atoms with Gasteiger partial charge in [0.2, 0.25) is 0 Å². The third-order valence-electron chi connectivity index (χ3n) is 3.42. The summed E-state index contributed by atoms with van der Waals surface area (Å²) in [5.41, 5.74) is 1.07. The molecule has 2 aromatic rings. The van der Waals surface area contributed by atoms with Gasteiger partial charge in [-0.2, -0.15) is 0 Å². The highest BCUT2D eigenvalue weighted by Gasteiger charge is 2.34. The van der Waals surface area contributed by atoms with Crippen molar-refractivity contribution in [3.05, 3.63) is 39.6 Å². The van der Waals surface area contributed by atoms with E-state index in [2.05, 4.69) is 4.98 Å². The Labute approximate surface area is 125 Å². The lowest BCUT2D eigenvalue weighted by molar-refractivity contribution is 0.0916. The zero-order chi connectivity index (χ0) is 14.5. The molecule has 1 heterocycles. The largest absolute Gasteiger partial charge is 0.293 e. The number of hydrogen-bond donors (Lipinski definition) is 0. The van der Waals surface area contributed by atoms with E-state index in [1.807, 2.05) is 13.8 Å². The summed E-state index contributed by atoms with van der Waals surface area (Å²) in [6, 6.07) is 4.83. The van der Waals surface area contributed by atoms with Crippen LogP contribution < -0.4 is 0 Å². The van der Waals surface area contributed by atoms with E-state index in [1.54, 1.807) is 12.1 Å². The van der Waals surface area contributed by atoms with Gasteiger partial charge in [0.1, 0.15) is 5.01 Å². The minimum absolute atomic E-state index is 0.0716. The molecule has 1 aliphatic carbocycles. The maximum atomic E-state index is 14.1. The van der Waals surface area contributed by atoms with E-state index in [1.165, 1.54) is 17.4 Å². The Morgan fingerprint density at radius 1 is 1.35 bits per heavy atom. The molecule has 0 amide bonds. The third-order valence-corrected chi connectivity index (χ3v) is 4.88. The maximum Gasteiger partial charge on any atom is 0.175 e. The number of aromatic nitrogens is 1. The van der Waals surface area contributed by atoms with Crippen LogP contribution in [0.1, 0.15) is 35.6 Å². The van der Waals surface area contributed by atoms with Crippen LogP contribution in [0.15, 0.2) is 18.2 Å². The van der Waals surface area contributed by atoms with E-state index < -0.39 is 5.82 Å². The summed E-state index contributed by atoms with van der Waals surface area (Å²) in [6.45, 7) is 4.10. The number of carbonyl (C=O) groups is 1. The van der Waals surface area contributed by atoms with Crippen LogP contribution in [0, 0.1) is 11.2 Å². The molecule has 104 valence electrons. The van der Waals surface area contributed by atoms with E-state index in [4.69, 9.17) is 11.6 Å². The normalized spacial score (nSPS) is 17.1. The molecule has 2 nitrogen and oxygen atoms in total.